The normalized spacial score (nSPS) is 16.1. The summed E-state index contributed by atoms with van der Waals surface area (Å²) in [5.41, 5.74) is 3.04. The van der Waals surface area contributed by atoms with Crippen molar-refractivity contribution < 1.29 is 9.59 Å². The molecule has 1 fully saturated rings. The molecular formula is C23H24N4O2S. The summed E-state index contributed by atoms with van der Waals surface area (Å²) in [5.74, 6) is -0.421. The van der Waals surface area contributed by atoms with Crippen LogP contribution >= 0.6 is 11.8 Å². The van der Waals surface area contributed by atoms with Crippen molar-refractivity contribution in [2.24, 2.45) is 5.92 Å². The third-order valence-electron chi connectivity index (χ3n) is 5.36. The molecule has 0 radical (unpaired) electrons. The predicted molar refractivity (Wildman–Crippen MR) is 118 cm³/mol. The summed E-state index contributed by atoms with van der Waals surface area (Å²) >= 11 is 1.66. The summed E-state index contributed by atoms with van der Waals surface area (Å²) in [5, 5.41) is 3.03. The van der Waals surface area contributed by atoms with Crippen molar-refractivity contribution in [2.75, 3.05) is 17.7 Å². The van der Waals surface area contributed by atoms with Gasteiger partial charge in [-0.3, -0.25) is 9.59 Å². The highest BCUT2D eigenvalue weighted by molar-refractivity contribution is 7.98. The van der Waals surface area contributed by atoms with E-state index in [-0.39, 0.29) is 24.2 Å². The van der Waals surface area contributed by atoms with Crippen molar-refractivity contribution >= 4 is 29.3 Å². The molecule has 6 nitrogen and oxygen atoms in total. The van der Waals surface area contributed by atoms with Crippen LogP contribution in [0.5, 0.6) is 0 Å². The van der Waals surface area contributed by atoms with Crippen LogP contribution in [0.25, 0.3) is 0 Å². The largest absolute Gasteiger partial charge is 0.352 e. The molecule has 2 amide bonds. The zero-order chi connectivity index (χ0) is 20.9. The fourth-order valence-electron chi connectivity index (χ4n) is 3.68. The first-order valence-electron chi connectivity index (χ1n) is 9.88. The zero-order valence-corrected chi connectivity index (χ0v) is 17.6. The molecule has 0 spiro atoms. The van der Waals surface area contributed by atoms with Gasteiger partial charge in [-0.15, -0.1) is 11.8 Å². The number of hydrogen-bond acceptors (Lipinski definition) is 4. The van der Waals surface area contributed by atoms with Gasteiger partial charge in [0, 0.05) is 49.0 Å². The molecule has 30 heavy (non-hydrogen) atoms. The van der Waals surface area contributed by atoms with Crippen molar-refractivity contribution in [3.63, 3.8) is 0 Å². The average molecular weight is 421 g/mol. The van der Waals surface area contributed by atoms with Crippen molar-refractivity contribution in [1.82, 2.24) is 14.9 Å². The van der Waals surface area contributed by atoms with Crippen LogP contribution in [-0.2, 0) is 22.7 Å². The van der Waals surface area contributed by atoms with Gasteiger partial charge in [0.15, 0.2) is 0 Å². The van der Waals surface area contributed by atoms with E-state index in [0.717, 1.165) is 21.7 Å². The maximum absolute atomic E-state index is 12.8. The number of nitrogens with one attached hydrogen (secondary N) is 1. The number of rotatable bonds is 7. The zero-order valence-electron chi connectivity index (χ0n) is 16.8. The monoisotopic (exact) mass is 420 g/mol. The van der Waals surface area contributed by atoms with E-state index in [1.165, 1.54) is 0 Å². The summed E-state index contributed by atoms with van der Waals surface area (Å²) in [6, 6.07) is 15.9. The summed E-state index contributed by atoms with van der Waals surface area (Å²) in [4.78, 5) is 32.2. The van der Waals surface area contributed by atoms with E-state index in [4.69, 9.17) is 0 Å². The quantitative estimate of drug-likeness (QED) is 0.596. The molecule has 7 heteroatoms. The summed E-state index contributed by atoms with van der Waals surface area (Å²) in [6.45, 7) is 1.56. The minimum Gasteiger partial charge on any atom is -0.352 e. The first-order valence-corrected chi connectivity index (χ1v) is 11.1. The van der Waals surface area contributed by atoms with Crippen molar-refractivity contribution in [1.29, 1.82) is 0 Å². The Morgan fingerprint density at radius 2 is 1.93 bits per heavy atom. The van der Waals surface area contributed by atoms with Crippen LogP contribution in [0.4, 0.5) is 5.69 Å². The molecule has 1 N–H and O–H groups in total. The first kappa shape index (κ1) is 20.2. The van der Waals surface area contributed by atoms with Crippen LogP contribution in [0, 0.1) is 5.92 Å². The fourth-order valence-corrected chi connectivity index (χ4v) is 4.09. The van der Waals surface area contributed by atoms with E-state index in [2.05, 4.69) is 16.4 Å². The summed E-state index contributed by atoms with van der Waals surface area (Å²) in [6.07, 6.45) is 7.71. The van der Waals surface area contributed by atoms with E-state index in [1.807, 2.05) is 59.5 Å². The fraction of sp³-hybridized carbons (Fsp3) is 0.261. The first-order chi connectivity index (χ1) is 14.6. The van der Waals surface area contributed by atoms with Crippen molar-refractivity contribution in [2.45, 2.75) is 24.4 Å². The van der Waals surface area contributed by atoms with Crippen LogP contribution in [0.15, 0.2) is 72.1 Å². The Balaban J connectivity index is 1.37. The van der Waals surface area contributed by atoms with Gasteiger partial charge in [-0.2, -0.15) is 0 Å². The predicted octanol–water partition coefficient (Wildman–Crippen LogP) is 3.32. The van der Waals surface area contributed by atoms with Gasteiger partial charge in [-0.1, -0.05) is 24.3 Å². The molecule has 4 rings (SSSR count). The Morgan fingerprint density at radius 1 is 1.17 bits per heavy atom. The maximum atomic E-state index is 12.8. The summed E-state index contributed by atoms with van der Waals surface area (Å²) < 4.78 is 2.00. The Labute approximate surface area is 180 Å². The standard InChI is InChI=1S/C23H24N4O2S/c1-30-21-8-6-20(7-9-21)27-15-19(12-22(27)28)23(29)25-13-17-4-2-3-5-18(17)14-26-11-10-24-16-26/h2-11,16,19H,12-15H2,1H3,(H,25,29). The second-order valence-corrected chi connectivity index (χ2v) is 8.20. The highest BCUT2D eigenvalue weighted by Crippen LogP contribution is 2.27. The number of carbonyl (C=O) groups is 2. The van der Waals surface area contributed by atoms with Crippen molar-refractivity contribution in [3.05, 3.63) is 78.4 Å². The SMILES string of the molecule is CSc1ccc(N2CC(C(=O)NCc3ccccc3Cn3ccnc3)CC2=O)cc1. The van der Waals surface area contributed by atoms with Gasteiger partial charge < -0.3 is 14.8 Å². The molecule has 0 aliphatic carbocycles. The lowest BCUT2D eigenvalue weighted by molar-refractivity contribution is -0.126. The van der Waals surface area contributed by atoms with Crippen molar-refractivity contribution in [3.8, 4) is 0 Å². The molecule has 2 aromatic carbocycles. The van der Waals surface area contributed by atoms with Gasteiger partial charge in [0.05, 0.1) is 12.2 Å². The highest BCUT2D eigenvalue weighted by Gasteiger charge is 2.35. The average Bonchev–Trinajstić information content (AvgIpc) is 3.42. The van der Waals surface area contributed by atoms with Gasteiger partial charge >= 0.3 is 0 Å². The van der Waals surface area contributed by atoms with E-state index < -0.39 is 0 Å². The molecular weight excluding hydrogens is 396 g/mol. The van der Waals surface area contributed by atoms with E-state index in [1.54, 1.807) is 29.2 Å². The van der Waals surface area contributed by atoms with Crippen LogP contribution in [0.1, 0.15) is 17.5 Å². The maximum Gasteiger partial charge on any atom is 0.227 e. The van der Waals surface area contributed by atoms with Gasteiger partial charge in [0.1, 0.15) is 0 Å². The van der Waals surface area contributed by atoms with Gasteiger partial charge in [-0.25, -0.2) is 4.98 Å². The number of anilines is 1. The topological polar surface area (TPSA) is 67.2 Å². The van der Waals surface area contributed by atoms with Crippen LogP contribution in [0.2, 0.25) is 0 Å². The minimum absolute atomic E-state index is 0.00689. The number of imidazole rings is 1. The highest BCUT2D eigenvalue weighted by atomic mass is 32.2. The molecule has 3 aromatic rings. The molecule has 1 unspecified atom stereocenters. The molecule has 0 bridgehead atoms. The lowest BCUT2D eigenvalue weighted by Gasteiger charge is -2.17. The van der Waals surface area contributed by atoms with E-state index in [9.17, 15) is 9.59 Å². The second-order valence-electron chi connectivity index (χ2n) is 7.32. The third-order valence-corrected chi connectivity index (χ3v) is 6.11. The number of nitrogens with zero attached hydrogens (tertiary/aromatic N) is 3. The lowest BCUT2D eigenvalue weighted by atomic mass is 10.1. The molecule has 1 aliphatic heterocycles. The Bertz CT molecular complexity index is 1020. The molecule has 2 heterocycles. The molecule has 1 atom stereocenters. The minimum atomic E-state index is -0.335. The van der Waals surface area contributed by atoms with Crippen LogP contribution in [-0.4, -0.2) is 34.2 Å². The second kappa shape index (κ2) is 9.17. The van der Waals surface area contributed by atoms with Gasteiger partial charge in [0.25, 0.3) is 0 Å². The van der Waals surface area contributed by atoms with Gasteiger partial charge in [-0.05, 0) is 41.6 Å². The molecule has 1 aliphatic rings. The Kier molecular flexibility index (Phi) is 6.18. The Morgan fingerprint density at radius 3 is 2.63 bits per heavy atom. The third kappa shape index (κ3) is 4.57. The van der Waals surface area contributed by atoms with E-state index >= 15 is 0 Å². The van der Waals surface area contributed by atoms with Crippen LogP contribution in [0.3, 0.4) is 0 Å². The molecule has 0 saturated carbocycles. The number of thioether (sulfide) groups is 1. The summed E-state index contributed by atoms with van der Waals surface area (Å²) in [7, 11) is 0. The molecule has 1 saturated heterocycles. The van der Waals surface area contributed by atoms with E-state index in [0.29, 0.717) is 19.6 Å². The lowest BCUT2D eigenvalue weighted by Crippen LogP contribution is -2.32. The van der Waals surface area contributed by atoms with Gasteiger partial charge in [0.2, 0.25) is 11.8 Å². The Hall–Kier alpha value is -3.06. The number of benzene rings is 2. The number of carbonyl (C=O) groups excluding carboxylic acids is 2. The molecule has 1 aromatic heterocycles. The smallest absolute Gasteiger partial charge is 0.227 e. The number of amides is 2. The number of aromatic nitrogens is 2. The molecule has 154 valence electrons. The number of hydrogen-bond donors (Lipinski definition) is 1. The van der Waals surface area contributed by atoms with Crippen LogP contribution < -0.4 is 10.2 Å².